The summed E-state index contributed by atoms with van der Waals surface area (Å²) >= 11 is 0. The minimum Gasteiger partial charge on any atom is -0.410 e. The number of hydrogen-bond acceptors (Lipinski definition) is 8. The van der Waals surface area contributed by atoms with Crippen molar-refractivity contribution < 1.29 is 14.3 Å². The van der Waals surface area contributed by atoms with Gasteiger partial charge in [-0.05, 0) is 67.7 Å². The second-order valence-corrected chi connectivity index (χ2v) is 10.7. The van der Waals surface area contributed by atoms with E-state index < -0.39 is 6.09 Å². The summed E-state index contributed by atoms with van der Waals surface area (Å²) in [6.07, 6.45) is 1.05. The van der Waals surface area contributed by atoms with Gasteiger partial charge in [0.05, 0.1) is 5.69 Å². The summed E-state index contributed by atoms with van der Waals surface area (Å²) in [5, 5.41) is 10.8. The maximum absolute atomic E-state index is 12.9. The molecule has 1 aliphatic heterocycles. The van der Waals surface area contributed by atoms with Crippen molar-refractivity contribution in [3.05, 3.63) is 101 Å². The summed E-state index contributed by atoms with van der Waals surface area (Å²) < 4.78 is 5.59. The summed E-state index contributed by atoms with van der Waals surface area (Å²) in [5.74, 6) is 0.124. The maximum atomic E-state index is 12.9. The molecule has 1 saturated heterocycles. The maximum Gasteiger partial charge on any atom is 0.412 e. The van der Waals surface area contributed by atoms with Gasteiger partial charge >= 0.3 is 6.09 Å². The first-order chi connectivity index (χ1) is 21.4. The molecule has 5 aromatic rings. The summed E-state index contributed by atoms with van der Waals surface area (Å²) in [6.45, 7) is 5.20. The van der Waals surface area contributed by atoms with Crippen LogP contribution in [0.1, 0.15) is 10.4 Å². The Kier molecular flexibility index (Phi) is 8.48. The van der Waals surface area contributed by atoms with Gasteiger partial charge in [-0.2, -0.15) is 0 Å². The predicted octanol–water partition coefficient (Wildman–Crippen LogP) is 4.41. The quantitative estimate of drug-likeness (QED) is 0.195. The van der Waals surface area contributed by atoms with Crippen molar-refractivity contribution in [3.63, 3.8) is 0 Å². The third-order valence-electron chi connectivity index (χ3n) is 7.65. The first kappa shape index (κ1) is 28.8. The van der Waals surface area contributed by atoms with Gasteiger partial charge in [0.2, 0.25) is 0 Å². The molecule has 224 valence electrons. The van der Waals surface area contributed by atoms with Crippen molar-refractivity contribution in [3.8, 4) is 5.75 Å². The number of anilines is 3. The van der Waals surface area contributed by atoms with Crippen molar-refractivity contribution >= 4 is 50.9 Å². The van der Waals surface area contributed by atoms with E-state index in [1.54, 1.807) is 48.7 Å². The van der Waals surface area contributed by atoms with Gasteiger partial charge in [-0.25, -0.2) is 9.78 Å². The van der Waals surface area contributed by atoms with Crippen molar-refractivity contribution in [2.45, 2.75) is 0 Å². The van der Waals surface area contributed by atoms with Crippen LogP contribution in [0.3, 0.4) is 0 Å². The Morgan fingerprint density at radius 1 is 0.909 bits per heavy atom. The Balaban J connectivity index is 1.18. The van der Waals surface area contributed by atoms with Crippen LogP contribution in [-0.2, 0) is 0 Å². The average Bonchev–Trinajstić information content (AvgIpc) is 3.03. The Hall–Kier alpha value is -5.26. The normalized spacial score (nSPS) is 13.9. The second kappa shape index (κ2) is 12.9. The zero-order valence-electron chi connectivity index (χ0n) is 24.3. The van der Waals surface area contributed by atoms with E-state index in [9.17, 15) is 14.4 Å². The van der Waals surface area contributed by atoms with Crippen LogP contribution in [0.15, 0.2) is 89.9 Å². The van der Waals surface area contributed by atoms with Crippen molar-refractivity contribution in [1.29, 1.82) is 0 Å². The number of carbonyl (C=O) groups excluding carboxylic acids is 2. The molecule has 2 amide bonds. The number of carbonyl (C=O) groups is 2. The molecule has 0 aliphatic carbocycles. The number of aromatic nitrogens is 2. The molecule has 0 radical (unpaired) electrons. The van der Waals surface area contributed by atoms with E-state index in [0.29, 0.717) is 51.0 Å². The standard InChI is InChI=1S/C33H33N7O4/c1-39-17-19-40(20-18-39)16-15-35-33(43)44-25-11-12-26-27(21-25)29-28(13-14-34-30(29)38-32(26)42)36-23-7-9-24(10-8-23)37-31(41)22-5-3-2-4-6-22/h2-14,21H,15-20H2,1H3,(H,35,43)(H,37,41)(H2,34,36,38,42). The largest absolute Gasteiger partial charge is 0.412 e. The van der Waals surface area contributed by atoms with E-state index in [1.165, 1.54) is 0 Å². The monoisotopic (exact) mass is 591 g/mol. The van der Waals surface area contributed by atoms with Crippen molar-refractivity contribution in [1.82, 2.24) is 25.1 Å². The van der Waals surface area contributed by atoms with E-state index in [2.05, 4.69) is 42.8 Å². The molecule has 0 saturated carbocycles. The highest BCUT2D eigenvalue weighted by Crippen LogP contribution is 2.32. The number of nitrogens with zero attached hydrogens (tertiary/aromatic N) is 3. The van der Waals surface area contributed by atoms with Crippen molar-refractivity contribution in [2.24, 2.45) is 0 Å². The molecule has 6 rings (SSSR count). The van der Waals surface area contributed by atoms with Gasteiger partial charge < -0.3 is 30.6 Å². The van der Waals surface area contributed by atoms with Gasteiger partial charge in [0.15, 0.2) is 0 Å². The minimum atomic E-state index is -0.552. The Morgan fingerprint density at radius 2 is 1.66 bits per heavy atom. The number of pyridine rings is 2. The lowest BCUT2D eigenvalue weighted by Crippen LogP contribution is -2.47. The highest BCUT2D eigenvalue weighted by molar-refractivity contribution is 6.11. The zero-order chi connectivity index (χ0) is 30.5. The fraction of sp³-hybridized carbons (Fsp3) is 0.212. The van der Waals surface area contributed by atoms with Crippen LogP contribution in [-0.4, -0.2) is 78.1 Å². The minimum absolute atomic E-state index is 0.191. The second-order valence-electron chi connectivity index (χ2n) is 10.7. The molecule has 0 spiro atoms. The lowest BCUT2D eigenvalue weighted by molar-refractivity contribution is 0.102. The highest BCUT2D eigenvalue weighted by Gasteiger charge is 2.15. The SMILES string of the molecule is CN1CCN(CCNC(=O)Oc2ccc3c(=O)[nH]c4nccc(Nc5ccc(NC(=O)c6ccccc6)cc5)c4c3c2)CC1. The number of benzene rings is 3. The third kappa shape index (κ3) is 6.69. The van der Waals surface area contributed by atoms with Gasteiger partial charge in [-0.1, -0.05) is 18.2 Å². The van der Waals surface area contributed by atoms with E-state index >= 15 is 0 Å². The zero-order valence-corrected chi connectivity index (χ0v) is 24.3. The number of nitrogens with one attached hydrogen (secondary N) is 4. The Morgan fingerprint density at radius 3 is 2.43 bits per heavy atom. The van der Waals surface area contributed by atoms with Crippen LogP contribution in [0.5, 0.6) is 5.75 Å². The molecule has 2 aromatic heterocycles. The summed E-state index contributed by atoms with van der Waals surface area (Å²) in [5.41, 5.74) is 2.80. The molecular formula is C33H33N7O4. The number of piperazine rings is 1. The number of rotatable bonds is 8. The molecule has 44 heavy (non-hydrogen) atoms. The number of likely N-dealkylation sites (N-methyl/N-ethyl adjacent to an activating group) is 1. The predicted molar refractivity (Wildman–Crippen MR) is 172 cm³/mol. The van der Waals surface area contributed by atoms with Crippen LogP contribution in [0.2, 0.25) is 0 Å². The van der Waals surface area contributed by atoms with Gasteiger partial charge in [-0.3, -0.25) is 14.5 Å². The number of fused-ring (bicyclic) bond motifs is 3. The molecule has 1 fully saturated rings. The molecule has 11 nitrogen and oxygen atoms in total. The summed E-state index contributed by atoms with van der Waals surface area (Å²) in [6, 6.07) is 23.1. The van der Waals surface area contributed by atoms with Crippen molar-refractivity contribution in [2.75, 3.05) is 56.9 Å². The van der Waals surface area contributed by atoms with Gasteiger partial charge in [0.1, 0.15) is 11.4 Å². The average molecular weight is 592 g/mol. The van der Waals surface area contributed by atoms with Crippen LogP contribution in [0.4, 0.5) is 21.9 Å². The van der Waals surface area contributed by atoms with E-state index in [1.807, 2.05) is 36.4 Å². The number of amides is 2. The molecule has 0 bridgehead atoms. The topological polar surface area (TPSA) is 132 Å². The van der Waals surface area contributed by atoms with Crippen LogP contribution in [0.25, 0.3) is 21.8 Å². The fourth-order valence-corrected chi connectivity index (χ4v) is 5.22. The van der Waals surface area contributed by atoms with E-state index in [-0.39, 0.29) is 11.5 Å². The number of hydrogen-bond donors (Lipinski definition) is 4. The molecular weight excluding hydrogens is 558 g/mol. The van der Waals surface area contributed by atoms with Gasteiger partial charge in [0.25, 0.3) is 11.5 Å². The molecule has 11 heteroatoms. The molecule has 4 N–H and O–H groups in total. The third-order valence-corrected chi connectivity index (χ3v) is 7.65. The first-order valence-corrected chi connectivity index (χ1v) is 14.5. The molecule has 1 aliphatic rings. The summed E-state index contributed by atoms with van der Waals surface area (Å²) in [4.78, 5) is 49.8. The van der Waals surface area contributed by atoms with Gasteiger partial charge in [-0.15, -0.1) is 0 Å². The Bertz CT molecular complexity index is 1850. The van der Waals surface area contributed by atoms with Crippen LogP contribution in [0, 0.1) is 0 Å². The molecule has 0 unspecified atom stereocenters. The molecule has 3 heterocycles. The lowest BCUT2D eigenvalue weighted by atomic mass is 10.1. The van der Waals surface area contributed by atoms with Crippen LogP contribution < -0.4 is 26.2 Å². The van der Waals surface area contributed by atoms with E-state index in [0.717, 1.165) is 38.4 Å². The van der Waals surface area contributed by atoms with Gasteiger partial charge in [0, 0.05) is 78.6 Å². The smallest absolute Gasteiger partial charge is 0.410 e. The lowest BCUT2D eigenvalue weighted by Gasteiger charge is -2.32. The highest BCUT2D eigenvalue weighted by atomic mass is 16.6. The number of ether oxygens (including phenoxy) is 1. The number of H-pyrrole nitrogens is 1. The number of aromatic amines is 1. The summed E-state index contributed by atoms with van der Waals surface area (Å²) in [7, 11) is 2.11. The first-order valence-electron chi connectivity index (χ1n) is 14.5. The van der Waals surface area contributed by atoms with Crippen LogP contribution >= 0.6 is 0 Å². The van der Waals surface area contributed by atoms with E-state index in [4.69, 9.17) is 4.74 Å². The fourth-order valence-electron chi connectivity index (χ4n) is 5.22. The molecule has 3 aromatic carbocycles. The Labute approximate surface area is 253 Å². The molecule has 0 atom stereocenters.